The molecule has 2 aromatic carbocycles. The zero-order chi connectivity index (χ0) is 19.5. The second kappa shape index (κ2) is 8.61. The molecule has 0 aliphatic rings. The van der Waals surface area contributed by atoms with E-state index in [4.69, 9.17) is 0 Å². The monoisotopic (exact) mass is 486 g/mol. The number of hydrogen-bond acceptors (Lipinski definition) is 2. The van der Waals surface area contributed by atoms with Crippen molar-refractivity contribution in [2.24, 2.45) is 10.8 Å². The van der Waals surface area contributed by atoms with Gasteiger partial charge in [0, 0.05) is 0 Å². The molecular formula is C22H30O2Se2. The molecule has 0 bridgehead atoms. The van der Waals surface area contributed by atoms with E-state index in [1.165, 1.54) is 8.92 Å². The van der Waals surface area contributed by atoms with Gasteiger partial charge in [-0.05, 0) is 0 Å². The van der Waals surface area contributed by atoms with E-state index in [1.807, 2.05) is 12.1 Å². The molecule has 2 nitrogen and oxygen atoms in total. The quantitative estimate of drug-likeness (QED) is 0.641. The van der Waals surface area contributed by atoms with Gasteiger partial charge in [0.2, 0.25) is 0 Å². The van der Waals surface area contributed by atoms with E-state index >= 15 is 0 Å². The van der Waals surface area contributed by atoms with Gasteiger partial charge in [0.25, 0.3) is 0 Å². The standard InChI is InChI=1S/C22H30O2Se2/c1-21(2,3)19(23)15-11-7-9-13-17(15)25-26-18-14-10-8-12-16(18)20(24)22(4,5)6/h7-14,19-20,23-24H,1-6H3. The Morgan fingerprint density at radius 1 is 0.615 bits per heavy atom. The van der Waals surface area contributed by atoms with Crippen LogP contribution in [0.15, 0.2) is 48.5 Å². The van der Waals surface area contributed by atoms with Crippen LogP contribution in [-0.2, 0) is 0 Å². The third-order valence-corrected chi connectivity index (χ3v) is 11.6. The van der Waals surface area contributed by atoms with Crippen LogP contribution in [0, 0.1) is 10.8 Å². The Kier molecular flexibility index (Phi) is 7.18. The zero-order valence-electron chi connectivity index (χ0n) is 16.5. The third kappa shape index (κ3) is 5.45. The Bertz CT molecular complexity index is 666. The molecule has 0 heterocycles. The van der Waals surface area contributed by atoms with E-state index in [0.29, 0.717) is 0 Å². The number of rotatable bonds is 5. The topological polar surface area (TPSA) is 40.5 Å². The Labute approximate surface area is 169 Å². The number of aliphatic hydroxyl groups excluding tert-OH is 2. The van der Waals surface area contributed by atoms with Crippen molar-refractivity contribution in [3.05, 3.63) is 59.7 Å². The first kappa shape index (κ1) is 21.7. The molecule has 0 aliphatic carbocycles. The maximum absolute atomic E-state index is 10.8. The van der Waals surface area contributed by atoms with E-state index in [9.17, 15) is 10.2 Å². The Morgan fingerprint density at radius 3 is 1.23 bits per heavy atom. The van der Waals surface area contributed by atoms with Crippen molar-refractivity contribution >= 4 is 35.2 Å². The maximum atomic E-state index is 10.8. The van der Waals surface area contributed by atoms with Gasteiger partial charge >= 0.3 is 170 Å². The van der Waals surface area contributed by atoms with Gasteiger partial charge in [0.1, 0.15) is 0 Å². The van der Waals surface area contributed by atoms with Crippen molar-refractivity contribution in [2.75, 3.05) is 0 Å². The molecule has 0 saturated carbocycles. The van der Waals surface area contributed by atoms with E-state index in [-0.39, 0.29) is 37.1 Å². The summed E-state index contributed by atoms with van der Waals surface area (Å²) >= 11 is 0.507. The van der Waals surface area contributed by atoms with Gasteiger partial charge < -0.3 is 0 Å². The molecule has 0 saturated heterocycles. The fourth-order valence-corrected chi connectivity index (χ4v) is 9.95. The first-order valence-corrected chi connectivity index (χ1v) is 14.9. The van der Waals surface area contributed by atoms with Crippen LogP contribution in [0.5, 0.6) is 0 Å². The van der Waals surface area contributed by atoms with Gasteiger partial charge in [-0.1, -0.05) is 0 Å². The molecule has 2 atom stereocenters. The van der Waals surface area contributed by atoms with E-state index in [1.54, 1.807) is 0 Å². The molecule has 4 heteroatoms. The van der Waals surface area contributed by atoms with E-state index in [2.05, 4.69) is 77.9 Å². The van der Waals surface area contributed by atoms with Crippen LogP contribution < -0.4 is 8.92 Å². The zero-order valence-corrected chi connectivity index (χ0v) is 19.9. The van der Waals surface area contributed by atoms with Gasteiger partial charge in [-0.15, -0.1) is 0 Å². The van der Waals surface area contributed by atoms with Crippen LogP contribution in [0.25, 0.3) is 0 Å². The molecule has 2 aromatic rings. The minimum atomic E-state index is -0.466. The molecule has 0 fully saturated rings. The Hall–Kier alpha value is -0.601. The van der Waals surface area contributed by atoms with Crippen LogP contribution in [0.2, 0.25) is 0 Å². The third-order valence-electron chi connectivity index (χ3n) is 4.29. The van der Waals surface area contributed by atoms with Crippen molar-refractivity contribution in [2.45, 2.75) is 53.8 Å². The molecular weight excluding hydrogens is 454 g/mol. The summed E-state index contributed by atoms with van der Waals surface area (Å²) in [6, 6.07) is 16.5. The van der Waals surface area contributed by atoms with Crippen LogP contribution in [0.3, 0.4) is 0 Å². The summed E-state index contributed by atoms with van der Waals surface area (Å²) in [5.41, 5.74) is 1.74. The van der Waals surface area contributed by atoms with E-state index < -0.39 is 12.2 Å². The fourth-order valence-electron chi connectivity index (χ4n) is 2.59. The van der Waals surface area contributed by atoms with Gasteiger partial charge in [-0.2, -0.15) is 0 Å². The number of benzene rings is 2. The molecule has 26 heavy (non-hydrogen) atoms. The minimum absolute atomic E-state index is 0.181. The molecule has 142 valence electrons. The SMILES string of the molecule is CC(C)(C)C(O)c1ccccc1[Se][Se]c1ccccc1C(O)C(C)(C)C. The Morgan fingerprint density at radius 2 is 0.923 bits per heavy atom. The average molecular weight is 484 g/mol. The van der Waals surface area contributed by atoms with Gasteiger partial charge in [-0.25, -0.2) is 0 Å². The molecule has 2 rings (SSSR count). The van der Waals surface area contributed by atoms with Crippen LogP contribution in [0.4, 0.5) is 0 Å². The fraction of sp³-hybridized carbons (Fsp3) is 0.455. The molecule has 0 aromatic heterocycles. The van der Waals surface area contributed by atoms with Crippen molar-refractivity contribution in [1.82, 2.24) is 0 Å². The summed E-state index contributed by atoms with van der Waals surface area (Å²) in [7, 11) is 0. The first-order chi connectivity index (χ1) is 12.0. The summed E-state index contributed by atoms with van der Waals surface area (Å²) in [6.45, 7) is 12.4. The summed E-state index contributed by atoms with van der Waals surface area (Å²) in [5.74, 6) is 0. The van der Waals surface area contributed by atoms with Crippen molar-refractivity contribution in [3.8, 4) is 0 Å². The van der Waals surface area contributed by atoms with Gasteiger partial charge in [0.15, 0.2) is 0 Å². The van der Waals surface area contributed by atoms with Crippen LogP contribution in [-0.4, -0.2) is 36.5 Å². The normalized spacial score (nSPS) is 14.9. The average Bonchev–Trinajstić information content (AvgIpc) is 2.57. The molecule has 2 unspecified atom stereocenters. The van der Waals surface area contributed by atoms with Crippen molar-refractivity contribution in [3.63, 3.8) is 0 Å². The van der Waals surface area contributed by atoms with E-state index in [0.717, 1.165) is 11.1 Å². The predicted octanol–water partition coefficient (Wildman–Crippen LogP) is 3.12. The van der Waals surface area contributed by atoms with Crippen molar-refractivity contribution in [1.29, 1.82) is 0 Å². The van der Waals surface area contributed by atoms with Gasteiger partial charge in [-0.3, -0.25) is 0 Å². The predicted molar refractivity (Wildman–Crippen MR) is 112 cm³/mol. The molecule has 0 aliphatic heterocycles. The summed E-state index contributed by atoms with van der Waals surface area (Å²) in [6.07, 6.45) is -0.932. The molecule has 2 N–H and O–H groups in total. The van der Waals surface area contributed by atoms with Crippen molar-refractivity contribution < 1.29 is 10.2 Å². The number of aliphatic hydroxyl groups is 2. The molecule has 0 amide bonds. The second-order valence-corrected chi connectivity index (χ2v) is 15.0. The molecule has 0 spiro atoms. The number of hydrogen-bond donors (Lipinski definition) is 2. The first-order valence-electron chi connectivity index (χ1n) is 8.90. The second-order valence-electron chi connectivity index (χ2n) is 8.78. The van der Waals surface area contributed by atoms with Crippen LogP contribution in [0.1, 0.15) is 64.9 Å². The van der Waals surface area contributed by atoms with Gasteiger partial charge in [0.05, 0.1) is 0 Å². The summed E-state index contributed by atoms with van der Waals surface area (Å²) < 4.78 is 2.53. The summed E-state index contributed by atoms with van der Waals surface area (Å²) in [4.78, 5) is 0. The summed E-state index contributed by atoms with van der Waals surface area (Å²) in [5, 5.41) is 21.5. The molecule has 0 radical (unpaired) electrons. The van der Waals surface area contributed by atoms with Crippen LogP contribution >= 0.6 is 0 Å². The Balaban J connectivity index is 2.26.